The normalized spacial score (nSPS) is 32.5. The molecule has 1 unspecified atom stereocenters. The quantitative estimate of drug-likeness (QED) is 0.720. The van der Waals surface area contributed by atoms with Gasteiger partial charge in [-0.3, -0.25) is 4.79 Å². The fourth-order valence-corrected chi connectivity index (χ4v) is 5.01. The largest absolute Gasteiger partial charge is 0.348 e. The Kier molecular flexibility index (Phi) is 4.06. The summed E-state index contributed by atoms with van der Waals surface area (Å²) in [6.07, 6.45) is 4.61. The first-order chi connectivity index (χ1) is 11.8. The molecule has 0 radical (unpaired) electrons. The van der Waals surface area contributed by atoms with Crippen molar-refractivity contribution in [2.45, 2.75) is 63.1 Å². The Morgan fingerprint density at radius 1 is 1.20 bits per heavy atom. The molecule has 0 heterocycles. The van der Waals surface area contributed by atoms with Gasteiger partial charge in [0.2, 0.25) is 5.91 Å². The van der Waals surface area contributed by atoms with Gasteiger partial charge in [-0.2, -0.15) is 0 Å². The third-order valence-corrected chi connectivity index (χ3v) is 6.85. The summed E-state index contributed by atoms with van der Waals surface area (Å²) in [4.78, 5) is 12.5. The molecule has 3 fully saturated rings. The highest BCUT2D eigenvalue weighted by atomic mass is 35.5. The number of fused-ring (bicyclic) bond motifs is 2. The fraction of sp³-hybridized carbons (Fsp3) is 0.632. The van der Waals surface area contributed by atoms with Crippen LogP contribution in [0, 0.1) is 23.0 Å². The van der Waals surface area contributed by atoms with Crippen molar-refractivity contribution in [1.29, 1.82) is 0 Å². The highest BCUT2D eigenvalue weighted by molar-refractivity contribution is 6.30. The second kappa shape index (κ2) is 5.90. The number of carbonyl (C=O) groups excluding carboxylic acids is 1. The maximum Gasteiger partial charge on any atom is 0.223 e. The van der Waals surface area contributed by atoms with Gasteiger partial charge in [-0.15, -0.1) is 0 Å². The van der Waals surface area contributed by atoms with E-state index in [4.69, 9.17) is 11.6 Å². The molecule has 0 spiro atoms. The van der Waals surface area contributed by atoms with E-state index in [0.29, 0.717) is 25.7 Å². The van der Waals surface area contributed by atoms with Crippen molar-refractivity contribution in [3.63, 3.8) is 0 Å². The van der Waals surface area contributed by atoms with Crippen LogP contribution in [0.4, 0.5) is 13.2 Å². The SMILES string of the molecule is O=C(NC(c1c(F)ccc(Cl)c1F)C12CCC(F)(CC1)C2)C1CCC1. The number of benzene rings is 1. The second-order valence-electron chi connectivity index (χ2n) is 8.02. The van der Waals surface area contributed by atoms with Gasteiger partial charge in [-0.1, -0.05) is 18.0 Å². The monoisotopic (exact) mass is 371 g/mol. The van der Waals surface area contributed by atoms with Crippen LogP contribution in [0.1, 0.15) is 63.0 Å². The summed E-state index contributed by atoms with van der Waals surface area (Å²) in [5, 5.41) is 2.70. The number of halogens is 4. The summed E-state index contributed by atoms with van der Waals surface area (Å²) in [5.74, 6) is -1.88. The van der Waals surface area contributed by atoms with Crippen LogP contribution in [0.15, 0.2) is 12.1 Å². The topological polar surface area (TPSA) is 29.1 Å². The van der Waals surface area contributed by atoms with Gasteiger partial charge >= 0.3 is 0 Å². The molecule has 3 aliphatic rings. The van der Waals surface area contributed by atoms with E-state index in [-0.39, 0.29) is 28.8 Å². The summed E-state index contributed by atoms with van der Waals surface area (Å²) < 4.78 is 44.0. The third-order valence-electron chi connectivity index (χ3n) is 6.55. The van der Waals surface area contributed by atoms with Crippen LogP contribution in [0.2, 0.25) is 5.02 Å². The Morgan fingerprint density at radius 2 is 1.88 bits per heavy atom. The Labute approximate surface area is 150 Å². The van der Waals surface area contributed by atoms with Crippen LogP contribution in [0.3, 0.4) is 0 Å². The van der Waals surface area contributed by atoms with Crippen LogP contribution in [-0.2, 0) is 4.79 Å². The Hall–Kier alpha value is -1.23. The van der Waals surface area contributed by atoms with E-state index in [0.717, 1.165) is 25.3 Å². The molecule has 25 heavy (non-hydrogen) atoms. The van der Waals surface area contributed by atoms with Crippen molar-refractivity contribution >= 4 is 17.5 Å². The molecule has 2 bridgehead atoms. The van der Waals surface area contributed by atoms with Crippen LogP contribution in [0.25, 0.3) is 0 Å². The van der Waals surface area contributed by atoms with Crippen molar-refractivity contribution in [1.82, 2.24) is 5.32 Å². The Morgan fingerprint density at radius 3 is 2.40 bits per heavy atom. The minimum Gasteiger partial charge on any atom is -0.348 e. The van der Waals surface area contributed by atoms with Gasteiger partial charge in [0.05, 0.1) is 11.1 Å². The minimum atomic E-state index is -1.27. The lowest BCUT2D eigenvalue weighted by atomic mass is 9.73. The number of amides is 1. The van der Waals surface area contributed by atoms with Crippen molar-refractivity contribution in [3.8, 4) is 0 Å². The van der Waals surface area contributed by atoms with E-state index in [2.05, 4.69) is 5.32 Å². The molecule has 4 rings (SSSR count). The van der Waals surface area contributed by atoms with E-state index in [9.17, 15) is 18.0 Å². The summed E-state index contributed by atoms with van der Waals surface area (Å²) in [5.41, 5.74) is -2.13. The predicted octanol–water partition coefficient (Wildman–Crippen LogP) is 5.25. The van der Waals surface area contributed by atoms with E-state index < -0.39 is 28.8 Å². The molecule has 3 aliphatic carbocycles. The molecule has 1 amide bonds. The molecule has 1 N–H and O–H groups in total. The van der Waals surface area contributed by atoms with E-state index >= 15 is 0 Å². The zero-order chi connectivity index (χ0) is 17.8. The highest BCUT2D eigenvalue weighted by Crippen LogP contribution is 2.63. The summed E-state index contributed by atoms with van der Waals surface area (Å²) in [7, 11) is 0. The predicted molar refractivity (Wildman–Crippen MR) is 88.9 cm³/mol. The van der Waals surface area contributed by atoms with Gasteiger partial charge in [0.25, 0.3) is 0 Å². The molecule has 1 aromatic rings. The molecule has 1 atom stereocenters. The number of alkyl halides is 1. The standard InChI is InChI=1S/C19H21ClF3NO/c20-12-4-5-13(21)14(15(12)22)16(24-17(25)11-2-1-3-11)18-6-8-19(23,10-18)9-7-18/h4-5,11,16H,1-3,6-10H2,(H,24,25). The Bertz CT molecular complexity index is 711. The molecule has 136 valence electrons. The molecule has 0 saturated heterocycles. The van der Waals surface area contributed by atoms with Crippen molar-refractivity contribution < 1.29 is 18.0 Å². The lowest BCUT2D eigenvalue weighted by Crippen LogP contribution is -2.44. The first-order valence-electron chi connectivity index (χ1n) is 8.96. The zero-order valence-electron chi connectivity index (χ0n) is 13.9. The number of hydrogen-bond acceptors (Lipinski definition) is 1. The number of carbonyl (C=O) groups is 1. The lowest BCUT2D eigenvalue weighted by molar-refractivity contribution is -0.129. The average molecular weight is 372 g/mol. The molecule has 0 aliphatic heterocycles. The second-order valence-corrected chi connectivity index (χ2v) is 8.42. The van der Waals surface area contributed by atoms with Crippen molar-refractivity contribution in [2.75, 3.05) is 0 Å². The van der Waals surface area contributed by atoms with Gasteiger partial charge in [-0.05, 0) is 62.5 Å². The summed E-state index contributed by atoms with van der Waals surface area (Å²) in [6, 6.07) is 1.41. The first-order valence-corrected chi connectivity index (χ1v) is 9.34. The average Bonchev–Trinajstić information content (AvgIpc) is 3.03. The van der Waals surface area contributed by atoms with Gasteiger partial charge < -0.3 is 5.32 Å². The smallest absolute Gasteiger partial charge is 0.223 e. The summed E-state index contributed by atoms with van der Waals surface area (Å²) in [6.45, 7) is 0. The van der Waals surface area contributed by atoms with Crippen LogP contribution < -0.4 is 5.32 Å². The summed E-state index contributed by atoms with van der Waals surface area (Å²) >= 11 is 5.87. The van der Waals surface area contributed by atoms with Crippen molar-refractivity contribution in [2.24, 2.45) is 11.3 Å². The Balaban J connectivity index is 1.74. The number of nitrogens with one attached hydrogen (secondary N) is 1. The molecule has 2 nitrogen and oxygen atoms in total. The molecule has 3 saturated carbocycles. The maximum absolute atomic E-state index is 14.7. The van der Waals surface area contributed by atoms with E-state index in [1.165, 1.54) is 6.07 Å². The molecule has 1 aromatic carbocycles. The highest BCUT2D eigenvalue weighted by Gasteiger charge is 2.59. The van der Waals surface area contributed by atoms with Gasteiger partial charge in [0.15, 0.2) is 0 Å². The van der Waals surface area contributed by atoms with Crippen LogP contribution in [-0.4, -0.2) is 11.6 Å². The number of hydrogen-bond donors (Lipinski definition) is 1. The van der Waals surface area contributed by atoms with Gasteiger partial charge in [0.1, 0.15) is 17.3 Å². The van der Waals surface area contributed by atoms with E-state index in [1.807, 2.05) is 0 Å². The van der Waals surface area contributed by atoms with E-state index in [1.54, 1.807) is 0 Å². The molecule has 0 aromatic heterocycles. The zero-order valence-corrected chi connectivity index (χ0v) is 14.6. The molecular weight excluding hydrogens is 351 g/mol. The molecular formula is C19H21ClF3NO. The van der Waals surface area contributed by atoms with Gasteiger partial charge in [0, 0.05) is 11.5 Å². The van der Waals surface area contributed by atoms with Crippen LogP contribution in [0.5, 0.6) is 0 Å². The first kappa shape index (κ1) is 17.2. The fourth-order valence-electron chi connectivity index (χ4n) is 4.84. The van der Waals surface area contributed by atoms with Crippen molar-refractivity contribution in [3.05, 3.63) is 34.4 Å². The molecule has 6 heteroatoms. The number of rotatable bonds is 4. The van der Waals surface area contributed by atoms with Gasteiger partial charge in [-0.25, -0.2) is 13.2 Å². The maximum atomic E-state index is 14.7. The minimum absolute atomic E-state index is 0.109. The third kappa shape index (κ3) is 2.75. The lowest BCUT2D eigenvalue weighted by Gasteiger charge is -2.38. The van der Waals surface area contributed by atoms with Crippen LogP contribution >= 0.6 is 11.6 Å².